The van der Waals surface area contributed by atoms with Crippen molar-refractivity contribution in [2.45, 2.75) is 0 Å². The van der Waals surface area contributed by atoms with Crippen LogP contribution >= 0.6 is 0 Å². The van der Waals surface area contributed by atoms with Crippen LogP contribution in [0.2, 0.25) is 0 Å². The molecular weight excluding hydrogens is 114 g/mol. The zero-order valence-electron chi connectivity index (χ0n) is 4.66. The SMILES string of the molecule is [c]1ccnc2ccoc12. The number of fused-ring (bicyclic) bond motifs is 1. The molecule has 0 aliphatic rings. The average molecular weight is 118 g/mol. The summed E-state index contributed by atoms with van der Waals surface area (Å²) in [5.41, 5.74) is 1.58. The monoisotopic (exact) mass is 118 g/mol. The minimum atomic E-state index is 0.720. The van der Waals surface area contributed by atoms with Crippen molar-refractivity contribution >= 4 is 11.1 Å². The smallest absolute Gasteiger partial charge is 0.160 e. The highest BCUT2D eigenvalue weighted by molar-refractivity contribution is 5.70. The fraction of sp³-hybridized carbons (Fsp3) is 0. The van der Waals surface area contributed by atoms with Crippen molar-refractivity contribution in [3.05, 3.63) is 30.7 Å². The zero-order chi connectivity index (χ0) is 6.10. The zero-order valence-corrected chi connectivity index (χ0v) is 4.66. The molecule has 1 radical (unpaired) electrons. The summed E-state index contributed by atoms with van der Waals surface area (Å²) in [6, 6.07) is 6.44. The summed E-state index contributed by atoms with van der Waals surface area (Å²) < 4.78 is 5.00. The second kappa shape index (κ2) is 1.58. The molecule has 2 heteroatoms. The molecule has 2 nitrogen and oxygen atoms in total. The van der Waals surface area contributed by atoms with E-state index in [0.717, 1.165) is 11.1 Å². The van der Waals surface area contributed by atoms with E-state index in [9.17, 15) is 0 Å². The highest BCUT2D eigenvalue weighted by Crippen LogP contribution is 2.08. The van der Waals surface area contributed by atoms with Crippen LogP contribution in [-0.4, -0.2) is 4.98 Å². The molecule has 0 unspecified atom stereocenters. The minimum absolute atomic E-state index is 0.720. The van der Waals surface area contributed by atoms with E-state index >= 15 is 0 Å². The van der Waals surface area contributed by atoms with Crippen molar-refractivity contribution < 1.29 is 4.42 Å². The maximum atomic E-state index is 5.00. The van der Waals surface area contributed by atoms with E-state index in [4.69, 9.17) is 4.42 Å². The predicted molar refractivity (Wildman–Crippen MR) is 32.8 cm³/mol. The molecule has 0 bridgehead atoms. The molecule has 0 spiro atoms. The molecular formula is C7H4NO. The van der Waals surface area contributed by atoms with E-state index < -0.39 is 0 Å². The number of aromatic nitrogens is 1. The van der Waals surface area contributed by atoms with Crippen LogP contribution in [-0.2, 0) is 0 Å². The van der Waals surface area contributed by atoms with E-state index in [-0.39, 0.29) is 0 Å². The van der Waals surface area contributed by atoms with Crippen molar-refractivity contribution in [3.63, 3.8) is 0 Å². The Bertz CT molecular complexity index is 283. The second-order valence-electron chi connectivity index (χ2n) is 1.72. The highest BCUT2D eigenvalue weighted by atomic mass is 16.3. The summed E-state index contributed by atoms with van der Waals surface area (Å²) in [4.78, 5) is 4.02. The Balaban J connectivity index is 2.95. The Hall–Kier alpha value is -1.31. The van der Waals surface area contributed by atoms with Crippen LogP contribution in [0, 0.1) is 6.07 Å². The number of hydrogen-bond acceptors (Lipinski definition) is 2. The van der Waals surface area contributed by atoms with Gasteiger partial charge < -0.3 is 4.42 Å². The number of hydrogen-bond donors (Lipinski definition) is 0. The molecule has 0 aliphatic carbocycles. The molecule has 0 fully saturated rings. The van der Waals surface area contributed by atoms with E-state index in [1.807, 2.05) is 6.07 Å². The van der Waals surface area contributed by atoms with Crippen molar-refractivity contribution in [3.8, 4) is 0 Å². The lowest BCUT2D eigenvalue weighted by atomic mass is 10.4. The van der Waals surface area contributed by atoms with Crippen LogP contribution in [0.15, 0.2) is 29.0 Å². The Morgan fingerprint density at radius 1 is 1.56 bits per heavy atom. The maximum absolute atomic E-state index is 5.00. The van der Waals surface area contributed by atoms with E-state index in [1.165, 1.54) is 0 Å². The standard InChI is InChI=1S/C7H4NO/c1-2-7-6(8-4-1)3-5-9-7/h1,3-5H. The lowest BCUT2D eigenvalue weighted by molar-refractivity contribution is 0.615. The van der Waals surface area contributed by atoms with Gasteiger partial charge in [-0.15, -0.1) is 0 Å². The average Bonchev–Trinajstić information content (AvgIpc) is 2.33. The number of furan rings is 1. The Kier molecular flexibility index (Phi) is 0.803. The molecule has 0 saturated heterocycles. The first-order chi connectivity index (χ1) is 4.47. The highest BCUT2D eigenvalue weighted by Gasteiger charge is 1.91. The maximum Gasteiger partial charge on any atom is 0.160 e. The third-order valence-electron chi connectivity index (χ3n) is 1.15. The van der Waals surface area contributed by atoms with Gasteiger partial charge in [-0.2, -0.15) is 0 Å². The summed E-state index contributed by atoms with van der Waals surface area (Å²) in [6.45, 7) is 0. The molecule has 0 aliphatic heterocycles. The molecule has 2 aromatic rings. The topological polar surface area (TPSA) is 26.0 Å². The Morgan fingerprint density at radius 2 is 2.56 bits per heavy atom. The van der Waals surface area contributed by atoms with Crippen molar-refractivity contribution in [1.82, 2.24) is 4.98 Å². The molecule has 2 aromatic heterocycles. The van der Waals surface area contributed by atoms with Crippen molar-refractivity contribution in [2.75, 3.05) is 0 Å². The van der Waals surface area contributed by atoms with E-state index in [0.29, 0.717) is 0 Å². The summed E-state index contributed by atoms with van der Waals surface area (Å²) >= 11 is 0. The molecule has 43 valence electrons. The van der Waals surface area contributed by atoms with Gasteiger partial charge in [0.15, 0.2) is 5.58 Å². The summed E-state index contributed by atoms with van der Waals surface area (Å²) in [7, 11) is 0. The fourth-order valence-electron chi connectivity index (χ4n) is 0.743. The first-order valence-electron chi connectivity index (χ1n) is 2.67. The van der Waals surface area contributed by atoms with Gasteiger partial charge in [0.1, 0.15) is 5.52 Å². The van der Waals surface area contributed by atoms with Crippen LogP contribution in [0.3, 0.4) is 0 Å². The molecule has 9 heavy (non-hydrogen) atoms. The van der Waals surface area contributed by atoms with Crippen LogP contribution < -0.4 is 0 Å². The third kappa shape index (κ3) is 0.598. The number of rotatable bonds is 0. The van der Waals surface area contributed by atoms with E-state index in [1.54, 1.807) is 18.5 Å². The quantitative estimate of drug-likeness (QED) is 0.525. The van der Waals surface area contributed by atoms with Gasteiger partial charge >= 0.3 is 0 Å². The largest absolute Gasteiger partial charge is 0.462 e. The normalized spacial score (nSPS) is 10.2. The molecule has 2 rings (SSSR count). The molecule has 0 amide bonds. The molecule has 0 atom stereocenters. The van der Waals surface area contributed by atoms with Gasteiger partial charge in [-0.25, -0.2) is 0 Å². The van der Waals surface area contributed by atoms with E-state index in [2.05, 4.69) is 11.1 Å². The van der Waals surface area contributed by atoms with Crippen LogP contribution in [0.4, 0.5) is 0 Å². The molecule has 0 aromatic carbocycles. The van der Waals surface area contributed by atoms with Crippen LogP contribution in [0.25, 0.3) is 11.1 Å². The van der Waals surface area contributed by atoms with Crippen LogP contribution in [0.5, 0.6) is 0 Å². The molecule has 0 N–H and O–H groups in total. The first-order valence-corrected chi connectivity index (χ1v) is 2.67. The van der Waals surface area contributed by atoms with Gasteiger partial charge in [0.25, 0.3) is 0 Å². The van der Waals surface area contributed by atoms with Crippen LogP contribution in [0.1, 0.15) is 0 Å². The van der Waals surface area contributed by atoms with Gasteiger partial charge in [0.2, 0.25) is 0 Å². The van der Waals surface area contributed by atoms with Gasteiger partial charge in [-0.3, -0.25) is 4.98 Å². The predicted octanol–water partition coefficient (Wildman–Crippen LogP) is 1.63. The van der Waals surface area contributed by atoms with Crippen molar-refractivity contribution in [2.24, 2.45) is 0 Å². The Morgan fingerprint density at radius 3 is 3.44 bits per heavy atom. The Labute approximate surface area is 52.1 Å². The summed E-state index contributed by atoms with van der Waals surface area (Å²) in [5.74, 6) is 0. The third-order valence-corrected chi connectivity index (χ3v) is 1.15. The minimum Gasteiger partial charge on any atom is -0.462 e. The number of nitrogens with zero attached hydrogens (tertiary/aromatic N) is 1. The van der Waals surface area contributed by atoms with Gasteiger partial charge in [0, 0.05) is 18.3 Å². The summed E-state index contributed by atoms with van der Waals surface area (Å²) in [5, 5.41) is 0. The van der Waals surface area contributed by atoms with Gasteiger partial charge in [0.05, 0.1) is 6.26 Å². The van der Waals surface area contributed by atoms with Gasteiger partial charge in [-0.05, 0) is 6.07 Å². The molecule has 0 saturated carbocycles. The summed E-state index contributed by atoms with van der Waals surface area (Å²) in [6.07, 6.45) is 3.30. The lowest BCUT2D eigenvalue weighted by Gasteiger charge is -1.80. The lowest BCUT2D eigenvalue weighted by Crippen LogP contribution is -1.67. The number of pyridine rings is 1. The van der Waals surface area contributed by atoms with Crippen molar-refractivity contribution in [1.29, 1.82) is 0 Å². The fourth-order valence-corrected chi connectivity index (χ4v) is 0.743. The van der Waals surface area contributed by atoms with Gasteiger partial charge in [-0.1, -0.05) is 0 Å². The molecule has 2 heterocycles. The first kappa shape index (κ1) is 4.56. The second-order valence-corrected chi connectivity index (χ2v) is 1.72.